The highest BCUT2D eigenvalue weighted by molar-refractivity contribution is 5.28. The smallest absolute Gasteiger partial charge is 0.123 e. The van der Waals surface area contributed by atoms with E-state index in [1.807, 2.05) is 6.07 Å². The van der Waals surface area contributed by atoms with Crippen LogP contribution in [0.5, 0.6) is 0 Å². The van der Waals surface area contributed by atoms with Gasteiger partial charge in [0.2, 0.25) is 0 Å². The lowest BCUT2D eigenvalue weighted by molar-refractivity contribution is -0.0911. The zero-order chi connectivity index (χ0) is 13.9. The van der Waals surface area contributed by atoms with Crippen molar-refractivity contribution in [1.29, 1.82) is 0 Å². The second kappa shape index (κ2) is 6.20. The summed E-state index contributed by atoms with van der Waals surface area (Å²) >= 11 is 0. The Hall–Kier alpha value is -0.970. The Morgan fingerprint density at radius 1 is 1.25 bits per heavy atom. The van der Waals surface area contributed by atoms with Gasteiger partial charge in [0.05, 0.1) is 12.7 Å². The molecule has 1 aromatic carbocycles. The molecule has 110 valence electrons. The molecule has 0 amide bonds. The molecule has 2 atom stereocenters. The van der Waals surface area contributed by atoms with Crippen LogP contribution >= 0.6 is 0 Å². The Labute approximate surface area is 119 Å². The molecular weight excluding hydrogens is 255 g/mol. The highest BCUT2D eigenvalue weighted by Gasteiger charge is 2.34. The summed E-state index contributed by atoms with van der Waals surface area (Å²) in [7, 11) is 0. The molecule has 1 aliphatic carbocycles. The summed E-state index contributed by atoms with van der Waals surface area (Å²) in [5, 5.41) is 0. The largest absolute Gasteiger partial charge is 0.375 e. The van der Waals surface area contributed by atoms with E-state index in [0.29, 0.717) is 18.7 Å². The van der Waals surface area contributed by atoms with Crippen molar-refractivity contribution in [2.75, 3.05) is 13.2 Å². The topological polar surface area (TPSA) is 38.5 Å². The Balaban J connectivity index is 1.77. The van der Waals surface area contributed by atoms with E-state index in [2.05, 4.69) is 4.90 Å². The summed E-state index contributed by atoms with van der Waals surface area (Å²) in [5.74, 6) is -0.175. The van der Waals surface area contributed by atoms with Crippen LogP contribution in [0.3, 0.4) is 0 Å². The molecule has 0 spiro atoms. The van der Waals surface area contributed by atoms with Crippen LogP contribution in [0.1, 0.15) is 36.8 Å². The van der Waals surface area contributed by atoms with Gasteiger partial charge in [0, 0.05) is 25.7 Å². The fraction of sp³-hybridized carbons (Fsp3) is 0.625. The van der Waals surface area contributed by atoms with Crippen LogP contribution in [0, 0.1) is 5.82 Å². The van der Waals surface area contributed by atoms with Gasteiger partial charge in [-0.25, -0.2) is 4.39 Å². The molecule has 0 bridgehead atoms. The minimum atomic E-state index is -0.175. The number of morpholine rings is 1. The van der Waals surface area contributed by atoms with Gasteiger partial charge in [-0.1, -0.05) is 18.9 Å². The summed E-state index contributed by atoms with van der Waals surface area (Å²) in [6.45, 7) is 2.97. The molecule has 20 heavy (non-hydrogen) atoms. The van der Waals surface area contributed by atoms with E-state index >= 15 is 0 Å². The molecule has 4 heteroatoms. The van der Waals surface area contributed by atoms with Crippen molar-refractivity contribution in [2.45, 2.75) is 50.9 Å². The number of fused-ring (bicyclic) bond motifs is 1. The van der Waals surface area contributed by atoms with Crippen LogP contribution in [-0.4, -0.2) is 30.2 Å². The van der Waals surface area contributed by atoms with Gasteiger partial charge >= 0.3 is 0 Å². The molecule has 1 aromatic rings. The Morgan fingerprint density at radius 2 is 2.10 bits per heavy atom. The van der Waals surface area contributed by atoms with Crippen LogP contribution < -0.4 is 5.73 Å². The predicted molar refractivity (Wildman–Crippen MR) is 76.7 cm³/mol. The monoisotopic (exact) mass is 278 g/mol. The molecule has 0 radical (unpaired) electrons. The van der Waals surface area contributed by atoms with Gasteiger partial charge in [-0.3, -0.25) is 4.90 Å². The number of nitrogens with zero attached hydrogens (tertiary/aromatic N) is 1. The van der Waals surface area contributed by atoms with E-state index < -0.39 is 0 Å². The highest BCUT2D eigenvalue weighted by Crippen LogP contribution is 2.30. The van der Waals surface area contributed by atoms with Gasteiger partial charge < -0.3 is 10.5 Å². The first kappa shape index (κ1) is 14.0. The van der Waals surface area contributed by atoms with Crippen LogP contribution in [0.2, 0.25) is 0 Å². The quantitative estimate of drug-likeness (QED) is 0.923. The van der Waals surface area contributed by atoms with Gasteiger partial charge in [-0.05, 0) is 36.1 Å². The molecule has 2 N–H and O–H groups in total. The standard InChI is InChI=1S/C16H23FN2O/c17-14-6-5-12(10-18)13(9-14)11-19-7-8-20-16-4-2-1-3-15(16)19/h5-6,9,15-16H,1-4,7-8,10-11,18H2. The van der Waals surface area contributed by atoms with Gasteiger partial charge in [0.25, 0.3) is 0 Å². The molecule has 1 saturated heterocycles. The fourth-order valence-electron chi connectivity index (χ4n) is 3.53. The van der Waals surface area contributed by atoms with E-state index in [1.165, 1.54) is 25.3 Å². The van der Waals surface area contributed by atoms with Crippen molar-refractivity contribution in [2.24, 2.45) is 5.73 Å². The lowest BCUT2D eigenvalue weighted by Gasteiger charge is -2.44. The van der Waals surface area contributed by atoms with Crippen molar-refractivity contribution in [1.82, 2.24) is 4.90 Å². The van der Waals surface area contributed by atoms with Crippen LogP contribution in [0.15, 0.2) is 18.2 Å². The number of rotatable bonds is 3. The maximum Gasteiger partial charge on any atom is 0.123 e. The molecule has 2 aliphatic rings. The van der Waals surface area contributed by atoms with Crippen molar-refractivity contribution in [3.05, 3.63) is 35.1 Å². The lowest BCUT2D eigenvalue weighted by Crippen LogP contribution is -2.52. The molecule has 3 rings (SSSR count). The van der Waals surface area contributed by atoms with Crippen molar-refractivity contribution in [3.8, 4) is 0 Å². The van der Waals surface area contributed by atoms with Gasteiger partial charge in [0.1, 0.15) is 5.82 Å². The summed E-state index contributed by atoms with van der Waals surface area (Å²) < 4.78 is 19.4. The van der Waals surface area contributed by atoms with Gasteiger partial charge in [-0.2, -0.15) is 0 Å². The zero-order valence-electron chi connectivity index (χ0n) is 11.9. The predicted octanol–water partition coefficient (Wildman–Crippen LogP) is 2.43. The number of hydrogen-bond acceptors (Lipinski definition) is 3. The Bertz CT molecular complexity index is 464. The van der Waals surface area contributed by atoms with E-state index in [0.717, 1.165) is 37.2 Å². The average molecular weight is 278 g/mol. The number of halogens is 1. The van der Waals surface area contributed by atoms with Crippen molar-refractivity contribution >= 4 is 0 Å². The molecular formula is C16H23FN2O. The first-order chi connectivity index (χ1) is 9.78. The number of ether oxygens (including phenoxy) is 1. The Morgan fingerprint density at radius 3 is 2.95 bits per heavy atom. The molecule has 1 aliphatic heterocycles. The number of nitrogens with two attached hydrogens (primary N) is 1. The maximum atomic E-state index is 13.5. The summed E-state index contributed by atoms with van der Waals surface area (Å²) in [6.07, 6.45) is 5.26. The van der Waals surface area contributed by atoms with E-state index in [9.17, 15) is 4.39 Å². The molecule has 3 nitrogen and oxygen atoms in total. The first-order valence-corrected chi connectivity index (χ1v) is 7.61. The minimum Gasteiger partial charge on any atom is -0.375 e. The number of benzene rings is 1. The molecule has 1 heterocycles. The van der Waals surface area contributed by atoms with Crippen LogP contribution in [0.4, 0.5) is 4.39 Å². The first-order valence-electron chi connectivity index (χ1n) is 7.61. The number of hydrogen-bond donors (Lipinski definition) is 1. The van der Waals surface area contributed by atoms with E-state index in [4.69, 9.17) is 10.5 Å². The average Bonchev–Trinajstić information content (AvgIpc) is 2.48. The highest BCUT2D eigenvalue weighted by atomic mass is 19.1. The zero-order valence-corrected chi connectivity index (χ0v) is 11.9. The van der Waals surface area contributed by atoms with Crippen molar-refractivity contribution < 1.29 is 9.13 Å². The normalized spacial score (nSPS) is 27.3. The maximum absolute atomic E-state index is 13.5. The van der Waals surface area contributed by atoms with E-state index in [1.54, 1.807) is 6.07 Å². The molecule has 0 aromatic heterocycles. The third-order valence-corrected chi connectivity index (χ3v) is 4.61. The van der Waals surface area contributed by atoms with E-state index in [-0.39, 0.29) is 5.82 Å². The van der Waals surface area contributed by atoms with Crippen molar-refractivity contribution in [3.63, 3.8) is 0 Å². The Kier molecular flexibility index (Phi) is 4.34. The third kappa shape index (κ3) is 2.87. The minimum absolute atomic E-state index is 0.175. The second-order valence-electron chi connectivity index (χ2n) is 5.85. The van der Waals surface area contributed by atoms with Gasteiger partial charge in [0.15, 0.2) is 0 Å². The second-order valence-corrected chi connectivity index (χ2v) is 5.85. The fourth-order valence-corrected chi connectivity index (χ4v) is 3.53. The molecule has 1 saturated carbocycles. The molecule has 2 unspecified atom stereocenters. The van der Waals surface area contributed by atoms with Crippen LogP contribution in [0.25, 0.3) is 0 Å². The summed E-state index contributed by atoms with van der Waals surface area (Å²) in [5.41, 5.74) is 7.85. The summed E-state index contributed by atoms with van der Waals surface area (Å²) in [4.78, 5) is 2.46. The van der Waals surface area contributed by atoms with Gasteiger partial charge in [-0.15, -0.1) is 0 Å². The van der Waals surface area contributed by atoms with Crippen LogP contribution in [-0.2, 0) is 17.8 Å². The lowest BCUT2D eigenvalue weighted by atomic mass is 9.89. The summed E-state index contributed by atoms with van der Waals surface area (Å²) in [6, 6.07) is 5.43. The molecule has 2 fully saturated rings. The third-order valence-electron chi connectivity index (χ3n) is 4.61. The SMILES string of the molecule is NCc1ccc(F)cc1CN1CCOC2CCCCC21.